The third-order valence-electron chi connectivity index (χ3n) is 1.78. The van der Waals surface area contributed by atoms with Gasteiger partial charge in [0.1, 0.15) is 0 Å². The highest BCUT2D eigenvalue weighted by molar-refractivity contribution is 9.09. The Morgan fingerprint density at radius 1 is 1.57 bits per heavy atom. The molecule has 1 N–H and O–H groups in total. The number of nitrogens with zero attached hydrogens (tertiary/aromatic N) is 1. The number of hydrogen-bond donors (Lipinski definition) is 1. The van der Waals surface area contributed by atoms with Gasteiger partial charge < -0.3 is 5.32 Å². The fourth-order valence-corrected chi connectivity index (χ4v) is 1.43. The number of halogens is 1. The van der Waals surface area contributed by atoms with Crippen molar-refractivity contribution in [3.63, 3.8) is 0 Å². The molecular formula is C10H13BrN2O. The molecule has 0 saturated heterocycles. The summed E-state index contributed by atoms with van der Waals surface area (Å²) < 4.78 is 0. The van der Waals surface area contributed by atoms with Gasteiger partial charge in [-0.25, -0.2) is 0 Å². The number of alkyl halides is 1. The summed E-state index contributed by atoms with van der Waals surface area (Å²) >= 11 is 3.22. The number of rotatable bonds is 5. The van der Waals surface area contributed by atoms with Crippen LogP contribution in [0, 0.1) is 0 Å². The van der Waals surface area contributed by atoms with Crippen LogP contribution in [0.3, 0.4) is 0 Å². The zero-order chi connectivity index (χ0) is 10.2. The molecule has 14 heavy (non-hydrogen) atoms. The van der Waals surface area contributed by atoms with Crippen molar-refractivity contribution in [2.24, 2.45) is 0 Å². The number of carbonyl (C=O) groups excluding carboxylic acids is 1. The number of carbonyl (C=O) groups is 1. The molecule has 0 fully saturated rings. The van der Waals surface area contributed by atoms with E-state index < -0.39 is 0 Å². The molecule has 1 aromatic rings. The van der Waals surface area contributed by atoms with Crippen LogP contribution in [0.4, 0.5) is 0 Å². The van der Waals surface area contributed by atoms with Crippen LogP contribution < -0.4 is 5.32 Å². The van der Waals surface area contributed by atoms with Gasteiger partial charge in [-0.3, -0.25) is 9.78 Å². The van der Waals surface area contributed by atoms with E-state index in [-0.39, 0.29) is 5.91 Å². The fourth-order valence-electron chi connectivity index (χ4n) is 1.07. The third-order valence-corrected chi connectivity index (χ3v) is 2.18. The zero-order valence-electron chi connectivity index (χ0n) is 7.87. The zero-order valence-corrected chi connectivity index (χ0v) is 9.46. The molecule has 0 aromatic carbocycles. The topological polar surface area (TPSA) is 42.0 Å². The molecule has 0 aliphatic carbocycles. The maximum atomic E-state index is 11.1. The van der Waals surface area contributed by atoms with Crippen molar-refractivity contribution in [3.05, 3.63) is 30.1 Å². The Bertz CT molecular complexity index is 277. The van der Waals surface area contributed by atoms with E-state index >= 15 is 0 Å². The lowest BCUT2D eigenvalue weighted by atomic mass is 10.2. The van der Waals surface area contributed by atoms with Crippen LogP contribution in [0.25, 0.3) is 0 Å². The van der Waals surface area contributed by atoms with E-state index in [4.69, 9.17) is 0 Å². The van der Waals surface area contributed by atoms with E-state index in [0.717, 1.165) is 12.0 Å². The van der Waals surface area contributed by atoms with Gasteiger partial charge >= 0.3 is 0 Å². The summed E-state index contributed by atoms with van der Waals surface area (Å²) in [7, 11) is 0. The van der Waals surface area contributed by atoms with Crippen LogP contribution in [-0.2, 0) is 11.2 Å². The monoisotopic (exact) mass is 256 g/mol. The summed E-state index contributed by atoms with van der Waals surface area (Å²) in [6.07, 6.45) is 4.93. The Balaban J connectivity index is 2.19. The molecule has 1 rings (SSSR count). The van der Waals surface area contributed by atoms with Gasteiger partial charge in [-0.1, -0.05) is 22.0 Å². The Kier molecular flexibility index (Phi) is 5.22. The molecule has 1 aromatic heterocycles. The lowest BCUT2D eigenvalue weighted by Crippen LogP contribution is -2.25. The lowest BCUT2D eigenvalue weighted by Gasteiger charge is -2.03. The van der Waals surface area contributed by atoms with Crippen LogP contribution in [0.15, 0.2) is 24.5 Å². The molecule has 76 valence electrons. The molecule has 0 spiro atoms. The third kappa shape index (κ3) is 4.37. The summed E-state index contributed by atoms with van der Waals surface area (Å²) in [5.74, 6) is 0.0887. The standard InChI is InChI=1S/C10H13BrN2O/c11-5-3-10(14)13-7-4-9-2-1-6-12-8-9/h1-2,6,8H,3-5,7H2,(H,13,14). The van der Waals surface area contributed by atoms with Crippen LogP contribution in [0.5, 0.6) is 0 Å². The van der Waals surface area contributed by atoms with Crippen molar-refractivity contribution in [1.29, 1.82) is 0 Å². The molecule has 4 heteroatoms. The van der Waals surface area contributed by atoms with E-state index in [1.807, 2.05) is 18.3 Å². The minimum Gasteiger partial charge on any atom is -0.356 e. The quantitative estimate of drug-likeness (QED) is 0.813. The Morgan fingerprint density at radius 3 is 3.07 bits per heavy atom. The Labute approximate surface area is 92.1 Å². The van der Waals surface area contributed by atoms with Crippen molar-refractivity contribution in [3.8, 4) is 0 Å². The predicted molar refractivity (Wildman–Crippen MR) is 59.4 cm³/mol. The first-order valence-electron chi connectivity index (χ1n) is 4.54. The number of aromatic nitrogens is 1. The molecule has 1 amide bonds. The SMILES string of the molecule is O=C(CCBr)NCCc1cccnc1. The van der Waals surface area contributed by atoms with Gasteiger partial charge in [0.05, 0.1) is 0 Å². The van der Waals surface area contributed by atoms with Gasteiger partial charge in [0.15, 0.2) is 0 Å². The van der Waals surface area contributed by atoms with Crippen LogP contribution in [-0.4, -0.2) is 22.8 Å². The van der Waals surface area contributed by atoms with Crippen molar-refractivity contribution >= 4 is 21.8 Å². The van der Waals surface area contributed by atoms with Gasteiger partial charge in [0, 0.05) is 30.7 Å². The van der Waals surface area contributed by atoms with Crippen LogP contribution in [0.2, 0.25) is 0 Å². The first kappa shape index (κ1) is 11.2. The van der Waals surface area contributed by atoms with Gasteiger partial charge in [-0.05, 0) is 18.1 Å². The maximum absolute atomic E-state index is 11.1. The summed E-state index contributed by atoms with van der Waals surface area (Å²) in [4.78, 5) is 15.1. The molecule has 0 unspecified atom stereocenters. The predicted octanol–water partition coefficient (Wildman–Crippen LogP) is 1.53. The number of nitrogens with one attached hydrogen (secondary N) is 1. The van der Waals surface area contributed by atoms with Crippen LogP contribution in [0.1, 0.15) is 12.0 Å². The first-order valence-corrected chi connectivity index (χ1v) is 5.66. The van der Waals surface area contributed by atoms with E-state index in [1.54, 1.807) is 6.20 Å². The van der Waals surface area contributed by atoms with E-state index in [2.05, 4.69) is 26.2 Å². The second-order valence-corrected chi connectivity index (χ2v) is 3.69. The minimum absolute atomic E-state index is 0.0887. The van der Waals surface area contributed by atoms with Crippen LogP contribution >= 0.6 is 15.9 Å². The van der Waals surface area contributed by atoms with E-state index in [0.29, 0.717) is 18.3 Å². The molecule has 0 aliphatic rings. The molecule has 0 aliphatic heterocycles. The number of hydrogen-bond acceptors (Lipinski definition) is 2. The normalized spacial score (nSPS) is 9.79. The largest absolute Gasteiger partial charge is 0.356 e. The van der Waals surface area contributed by atoms with Crippen molar-refractivity contribution in [1.82, 2.24) is 10.3 Å². The molecular weight excluding hydrogens is 244 g/mol. The molecule has 0 bridgehead atoms. The second-order valence-electron chi connectivity index (χ2n) is 2.90. The highest BCUT2D eigenvalue weighted by Crippen LogP contribution is 1.95. The van der Waals surface area contributed by atoms with E-state index in [9.17, 15) is 4.79 Å². The Hall–Kier alpha value is -0.900. The Morgan fingerprint density at radius 2 is 2.43 bits per heavy atom. The maximum Gasteiger partial charge on any atom is 0.220 e. The van der Waals surface area contributed by atoms with Crippen molar-refractivity contribution in [2.45, 2.75) is 12.8 Å². The average molecular weight is 257 g/mol. The highest BCUT2D eigenvalue weighted by atomic mass is 79.9. The smallest absolute Gasteiger partial charge is 0.220 e. The molecule has 0 atom stereocenters. The summed E-state index contributed by atoms with van der Waals surface area (Å²) in [6, 6.07) is 3.90. The second kappa shape index (κ2) is 6.54. The summed E-state index contributed by atoms with van der Waals surface area (Å²) in [5, 5.41) is 3.55. The van der Waals surface area contributed by atoms with E-state index in [1.165, 1.54) is 0 Å². The molecule has 0 saturated carbocycles. The first-order chi connectivity index (χ1) is 6.83. The summed E-state index contributed by atoms with van der Waals surface area (Å²) in [5.41, 5.74) is 1.15. The molecule has 3 nitrogen and oxygen atoms in total. The van der Waals surface area contributed by atoms with Crippen molar-refractivity contribution in [2.75, 3.05) is 11.9 Å². The highest BCUT2D eigenvalue weighted by Gasteiger charge is 1.98. The number of amides is 1. The molecule has 1 heterocycles. The minimum atomic E-state index is 0.0887. The van der Waals surface area contributed by atoms with Gasteiger partial charge in [0.2, 0.25) is 5.91 Å². The van der Waals surface area contributed by atoms with Gasteiger partial charge in [0.25, 0.3) is 0 Å². The number of pyridine rings is 1. The average Bonchev–Trinajstić information content (AvgIpc) is 2.20. The summed E-state index contributed by atoms with van der Waals surface area (Å²) in [6.45, 7) is 0.678. The fraction of sp³-hybridized carbons (Fsp3) is 0.400. The van der Waals surface area contributed by atoms with Gasteiger partial charge in [-0.15, -0.1) is 0 Å². The van der Waals surface area contributed by atoms with Crippen molar-refractivity contribution < 1.29 is 4.79 Å². The molecule has 0 radical (unpaired) electrons. The lowest BCUT2D eigenvalue weighted by molar-refractivity contribution is -0.120. The van der Waals surface area contributed by atoms with Gasteiger partial charge in [-0.2, -0.15) is 0 Å².